The summed E-state index contributed by atoms with van der Waals surface area (Å²) in [4.78, 5) is 0.0336. The van der Waals surface area contributed by atoms with Gasteiger partial charge in [-0.05, 0) is 42.5 Å². The predicted octanol–water partition coefficient (Wildman–Crippen LogP) is 3.17. The monoisotopic (exact) mass is 383 g/mol. The highest BCUT2D eigenvalue weighted by molar-refractivity contribution is 9.11. The smallest absolute Gasteiger partial charge is 0.238 e. The summed E-state index contributed by atoms with van der Waals surface area (Å²) in [5, 5.41) is 5.07. The maximum Gasteiger partial charge on any atom is 0.238 e. The minimum absolute atomic E-state index is 0.0336. The molecule has 0 fully saturated rings. The summed E-state index contributed by atoms with van der Waals surface area (Å²) in [7, 11) is -3.73. The Bertz CT molecular complexity index is 876. The van der Waals surface area contributed by atoms with Gasteiger partial charge in [0, 0.05) is 22.0 Å². The normalized spacial score (nSPS) is 14.5. The third-order valence-electron chi connectivity index (χ3n) is 3.27. The molecule has 2 N–H and O–H groups in total. The summed E-state index contributed by atoms with van der Waals surface area (Å²) in [6.07, 6.45) is 0.499. The van der Waals surface area contributed by atoms with E-state index in [9.17, 15) is 12.8 Å². The molecule has 0 atom stereocenters. The van der Waals surface area contributed by atoms with Gasteiger partial charge in [-0.1, -0.05) is 15.9 Å². The quantitative estimate of drug-likeness (QED) is 0.865. The van der Waals surface area contributed by atoms with Gasteiger partial charge in [-0.15, -0.1) is 0 Å². The van der Waals surface area contributed by atoms with Crippen LogP contribution in [0.15, 0.2) is 51.8 Å². The van der Waals surface area contributed by atoms with Crippen molar-refractivity contribution in [3.63, 3.8) is 0 Å². The van der Waals surface area contributed by atoms with Crippen LogP contribution in [0.25, 0.3) is 5.76 Å². The van der Waals surface area contributed by atoms with Crippen molar-refractivity contribution >= 4 is 31.7 Å². The number of allylic oxidation sites excluding steroid dienone is 1. The highest BCUT2D eigenvalue weighted by atomic mass is 79.9. The number of halogens is 2. The molecule has 2 aromatic carbocycles. The van der Waals surface area contributed by atoms with Crippen molar-refractivity contribution < 1.29 is 17.5 Å². The van der Waals surface area contributed by atoms with E-state index in [2.05, 4.69) is 15.9 Å². The summed E-state index contributed by atoms with van der Waals surface area (Å²) in [6, 6.07) is 10.4. The molecule has 1 aliphatic rings. The SMILES string of the molecule is NS(=O)(=O)c1ccc(C2=C(Br)Cc3cc(F)ccc3O2)cc1. The number of nitrogens with two attached hydrogens (primary N) is 1. The minimum atomic E-state index is -3.73. The highest BCUT2D eigenvalue weighted by Crippen LogP contribution is 2.37. The fourth-order valence-electron chi connectivity index (χ4n) is 2.21. The van der Waals surface area contributed by atoms with Gasteiger partial charge in [0.2, 0.25) is 10.0 Å². The van der Waals surface area contributed by atoms with E-state index < -0.39 is 10.0 Å². The van der Waals surface area contributed by atoms with Crippen molar-refractivity contribution in [2.75, 3.05) is 0 Å². The predicted molar refractivity (Wildman–Crippen MR) is 84.4 cm³/mol. The van der Waals surface area contributed by atoms with E-state index in [0.717, 1.165) is 10.0 Å². The van der Waals surface area contributed by atoms with Gasteiger partial charge in [-0.3, -0.25) is 0 Å². The number of hydrogen-bond acceptors (Lipinski definition) is 3. The van der Waals surface area contributed by atoms with Crippen LogP contribution >= 0.6 is 15.9 Å². The van der Waals surface area contributed by atoms with E-state index in [1.807, 2.05) is 0 Å². The van der Waals surface area contributed by atoms with E-state index in [-0.39, 0.29) is 10.7 Å². The largest absolute Gasteiger partial charge is 0.456 e. The molecule has 0 saturated heterocycles. The van der Waals surface area contributed by atoms with Crippen LogP contribution in [0.5, 0.6) is 5.75 Å². The molecule has 0 aliphatic carbocycles. The van der Waals surface area contributed by atoms with Crippen LogP contribution in [-0.4, -0.2) is 8.42 Å². The Labute approximate surface area is 135 Å². The summed E-state index contributed by atoms with van der Waals surface area (Å²) in [5.74, 6) is 0.832. The molecule has 0 unspecified atom stereocenters. The fraction of sp³-hybridized carbons (Fsp3) is 0.0667. The topological polar surface area (TPSA) is 69.4 Å². The molecule has 3 rings (SSSR count). The highest BCUT2D eigenvalue weighted by Gasteiger charge is 2.20. The zero-order chi connectivity index (χ0) is 15.9. The van der Waals surface area contributed by atoms with Crippen LogP contribution in [0.4, 0.5) is 4.39 Å². The van der Waals surface area contributed by atoms with Gasteiger partial charge < -0.3 is 4.74 Å². The third-order valence-corrected chi connectivity index (χ3v) is 4.84. The van der Waals surface area contributed by atoms with Crippen molar-refractivity contribution in [2.45, 2.75) is 11.3 Å². The Kier molecular flexibility index (Phi) is 3.80. The van der Waals surface area contributed by atoms with Crippen molar-refractivity contribution in [1.29, 1.82) is 0 Å². The maximum atomic E-state index is 13.2. The number of rotatable bonds is 2. The number of sulfonamides is 1. The number of benzene rings is 2. The van der Waals surface area contributed by atoms with Crippen LogP contribution in [0, 0.1) is 5.82 Å². The molecule has 114 valence electrons. The summed E-state index contributed by atoms with van der Waals surface area (Å²) >= 11 is 3.43. The number of fused-ring (bicyclic) bond motifs is 1. The third kappa shape index (κ3) is 2.92. The van der Waals surface area contributed by atoms with E-state index in [4.69, 9.17) is 9.88 Å². The Balaban J connectivity index is 1.97. The fourth-order valence-corrected chi connectivity index (χ4v) is 3.34. The lowest BCUT2D eigenvalue weighted by Crippen LogP contribution is -2.12. The lowest BCUT2D eigenvalue weighted by Gasteiger charge is -2.21. The van der Waals surface area contributed by atoms with Crippen LogP contribution in [-0.2, 0) is 16.4 Å². The molecule has 22 heavy (non-hydrogen) atoms. The van der Waals surface area contributed by atoms with Gasteiger partial charge in [0.25, 0.3) is 0 Å². The Morgan fingerprint density at radius 3 is 2.45 bits per heavy atom. The Morgan fingerprint density at radius 1 is 1.14 bits per heavy atom. The van der Waals surface area contributed by atoms with Crippen LogP contribution < -0.4 is 9.88 Å². The first kappa shape index (κ1) is 15.2. The number of hydrogen-bond donors (Lipinski definition) is 1. The Morgan fingerprint density at radius 2 is 1.82 bits per heavy atom. The molecule has 0 aromatic heterocycles. The van der Waals surface area contributed by atoms with Crippen LogP contribution in [0.1, 0.15) is 11.1 Å². The molecule has 0 radical (unpaired) electrons. The molecule has 0 saturated carbocycles. The van der Waals surface area contributed by atoms with Crippen LogP contribution in [0.3, 0.4) is 0 Å². The van der Waals surface area contributed by atoms with Gasteiger partial charge in [-0.25, -0.2) is 17.9 Å². The second-order valence-electron chi connectivity index (χ2n) is 4.83. The number of ether oxygens (including phenoxy) is 1. The van der Waals surface area contributed by atoms with E-state index >= 15 is 0 Å². The molecule has 4 nitrogen and oxygen atoms in total. The molecule has 0 amide bonds. The van der Waals surface area contributed by atoms with E-state index in [0.29, 0.717) is 23.5 Å². The number of primary sulfonamides is 1. The summed E-state index contributed by atoms with van der Waals surface area (Å²) in [6.45, 7) is 0. The zero-order valence-corrected chi connectivity index (χ0v) is 13.6. The molecule has 1 heterocycles. The van der Waals surface area contributed by atoms with Crippen molar-refractivity contribution in [3.05, 3.63) is 63.9 Å². The van der Waals surface area contributed by atoms with Gasteiger partial charge >= 0.3 is 0 Å². The summed E-state index contributed by atoms with van der Waals surface area (Å²) < 4.78 is 42.3. The first-order chi connectivity index (χ1) is 10.3. The van der Waals surface area contributed by atoms with Gasteiger partial charge in [0.15, 0.2) is 0 Å². The average molecular weight is 384 g/mol. The molecule has 1 aliphatic heterocycles. The molecule has 2 aromatic rings. The lowest BCUT2D eigenvalue weighted by atomic mass is 10.0. The van der Waals surface area contributed by atoms with Crippen molar-refractivity contribution in [3.8, 4) is 5.75 Å². The zero-order valence-electron chi connectivity index (χ0n) is 11.2. The first-order valence-corrected chi connectivity index (χ1v) is 8.67. The van der Waals surface area contributed by atoms with Gasteiger partial charge in [-0.2, -0.15) is 0 Å². The second-order valence-corrected chi connectivity index (χ2v) is 7.35. The minimum Gasteiger partial charge on any atom is -0.456 e. The lowest BCUT2D eigenvalue weighted by molar-refractivity contribution is 0.493. The summed E-state index contributed by atoms with van der Waals surface area (Å²) in [5.41, 5.74) is 1.45. The Hall–Kier alpha value is -1.70. The van der Waals surface area contributed by atoms with Crippen LogP contribution in [0.2, 0.25) is 0 Å². The molecular weight excluding hydrogens is 373 g/mol. The molecular formula is C15H11BrFNO3S. The average Bonchev–Trinajstić information content (AvgIpc) is 2.45. The second kappa shape index (κ2) is 5.49. The van der Waals surface area contributed by atoms with Crippen molar-refractivity contribution in [2.24, 2.45) is 5.14 Å². The van der Waals surface area contributed by atoms with E-state index in [1.165, 1.54) is 24.3 Å². The standard InChI is InChI=1S/C15H11BrFNO3S/c16-13-8-10-7-11(17)3-6-14(10)21-15(13)9-1-4-12(5-2-9)22(18,19)20/h1-7H,8H2,(H2,18,19,20). The van der Waals surface area contributed by atoms with Gasteiger partial charge in [0.1, 0.15) is 17.3 Å². The van der Waals surface area contributed by atoms with E-state index in [1.54, 1.807) is 18.2 Å². The van der Waals surface area contributed by atoms with Gasteiger partial charge in [0.05, 0.1) is 4.90 Å². The maximum absolute atomic E-state index is 13.2. The first-order valence-electron chi connectivity index (χ1n) is 6.33. The molecule has 0 bridgehead atoms. The molecule has 7 heteroatoms. The van der Waals surface area contributed by atoms with Crippen molar-refractivity contribution in [1.82, 2.24) is 0 Å². The molecule has 0 spiro atoms.